The Bertz CT molecular complexity index is 1340. The average molecular weight is 526 g/mol. The van der Waals surface area contributed by atoms with Crippen LogP contribution >= 0.6 is 23.2 Å². The number of nitrogens with zero attached hydrogens (tertiary/aromatic N) is 1. The Morgan fingerprint density at radius 1 is 1.03 bits per heavy atom. The fourth-order valence-electron chi connectivity index (χ4n) is 3.42. The third kappa shape index (κ3) is 5.97. The molecule has 0 atom stereocenters. The maximum atomic E-state index is 12.7. The van der Waals surface area contributed by atoms with Crippen LogP contribution in [0.3, 0.4) is 0 Å². The first-order valence-corrected chi connectivity index (χ1v) is 11.5. The molecule has 2 N–H and O–H groups in total. The lowest BCUT2D eigenvalue weighted by atomic mass is 10.2. The zero-order chi connectivity index (χ0) is 25.7. The molecular formula is C26H21Cl2N3O5. The number of ether oxygens (including phenoxy) is 2. The van der Waals surface area contributed by atoms with E-state index < -0.39 is 24.4 Å². The predicted molar refractivity (Wildman–Crippen MR) is 137 cm³/mol. The van der Waals surface area contributed by atoms with Crippen molar-refractivity contribution < 1.29 is 23.9 Å². The van der Waals surface area contributed by atoms with Crippen molar-refractivity contribution in [3.63, 3.8) is 0 Å². The number of hydrogen-bond donors (Lipinski definition) is 2. The van der Waals surface area contributed by atoms with Crippen LogP contribution in [0.1, 0.15) is 11.1 Å². The molecule has 4 rings (SSSR count). The molecule has 36 heavy (non-hydrogen) atoms. The van der Waals surface area contributed by atoms with Crippen LogP contribution in [0.15, 0.2) is 72.4 Å². The molecule has 184 valence electrons. The molecular weight excluding hydrogens is 505 g/mol. The Hall–Kier alpha value is -4.01. The van der Waals surface area contributed by atoms with E-state index in [1.807, 2.05) is 6.07 Å². The third-order valence-electron chi connectivity index (χ3n) is 5.23. The Kier molecular flexibility index (Phi) is 7.77. The second kappa shape index (κ2) is 11.2. The van der Waals surface area contributed by atoms with Crippen LogP contribution in [0.4, 0.5) is 10.5 Å². The molecule has 3 aromatic carbocycles. The predicted octanol–water partition coefficient (Wildman–Crippen LogP) is 5.11. The molecule has 1 saturated heterocycles. The normalized spacial score (nSPS) is 14.1. The first-order valence-electron chi connectivity index (χ1n) is 10.8. The average Bonchev–Trinajstić information content (AvgIpc) is 3.13. The van der Waals surface area contributed by atoms with Crippen LogP contribution < -0.4 is 20.1 Å². The van der Waals surface area contributed by atoms with Crippen molar-refractivity contribution >= 4 is 52.8 Å². The summed E-state index contributed by atoms with van der Waals surface area (Å²) in [5.41, 5.74) is 2.04. The monoisotopic (exact) mass is 525 g/mol. The molecule has 0 aromatic heterocycles. The van der Waals surface area contributed by atoms with Crippen LogP contribution in [0, 0.1) is 0 Å². The lowest BCUT2D eigenvalue weighted by Gasteiger charge is -2.13. The molecule has 0 saturated carbocycles. The van der Waals surface area contributed by atoms with Crippen molar-refractivity contribution in [2.24, 2.45) is 0 Å². The number of carbonyl (C=O) groups is 3. The summed E-state index contributed by atoms with van der Waals surface area (Å²) in [6.07, 6.45) is 1.53. The number of halogens is 2. The molecule has 0 radical (unpaired) electrons. The Morgan fingerprint density at radius 3 is 2.50 bits per heavy atom. The summed E-state index contributed by atoms with van der Waals surface area (Å²) >= 11 is 12.0. The van der Waals surface area contributed by atoms with Crippen molar-refractivity contribution in [1.29, 1.82) is 0 Å². The van der Waals surface area contributed by atoms with Gasteiger partial charge in [-0.25, -0.2) is 9.69 Å². The number of hydrogen-bond acceptors (Lipinski definition) is 5. The number of carbonyl (C=O) groups excluding carboxylic acids is 3. The zero-order valence-corrected chi connectivity index (χ0v) is 20.6. The molecule has 0 unspecified atom stereocenters. The zero-order valence-electron chi connectivity index (χ0n) is 19.1. The van der Waals surface area contributed by atoms with Crippen molar-refractivity contribution in [3.05, 3.63) is 93.6 Å². The Labute approximate surface area is 217 Å². The number of imide groups is 1. The number of rotatable bonds is 8. The largest absolute Gasteiger partial charge is 0.495 e. The first kappa shape index (κ1) is 25.1. The minimum Gasteiger partial charge on any atom is -0.495 e. The Morgan fingerprint density at radius 2 is 1.78 bits per heavy atom. The maximum absolute atomic E-state index is 12.7. The highest BCUT2D eigenvalue weighted by atomic mass is 35.5. The summed E-state index contributed by atoms with van der Waals surface area (Å²) in [7, 11) is 1.48. The molecule has 1 heterocycles. The number of nitrogens with one attached hydrogen (secondary N) is 2. The summed E-state index contributed by atoms with van der Waals surface area (Å²) in [5.74, 6) is -0.0597. The second-order valence-electron chi connectivity index (χ2n) is 7.73. The highest BCUT2D eigenvalue weighted by Gasteiger charge is 2.35. The number of urea groups is 1. The van der Waals surface area contributed by atoms with Crippen LogP contribution in [0.25, 0.3) is 6.08 Å². The highest BCUT2D eigenvalue weighted by molar-refractivity contribution is 6.42. The molecule has 1 fully saturated rings. The lowest BCUT2D eigenvalue weighted by molar-refractivity contribution is -0.127. The van der Waals surface area contributed by atoms with Crippen LogP contribution in [-0.2, 0) is 16.2 Å². The molecule has 4 amide bonds. The van der Waals surface area contributed by atoms with Gasteiger partial charge in [-0.2, -0.15) is 0 Å². The molecule has 1 aliphatic rings. The third-order valence-corrected chi connectivity index (χ3v) is 5.96. The van der Waals surface area contributed by atoms with E-state index in [1.54, 1.807) is 60.7 Å². The molecule has 3 aromatic rings. The van der Waals surface area contributed by atoms with Crippen molar-refractivity contribution in [1.82, 2.24) is 10.2 Å². The van der Waals surface area contributed by atoms with E-state index >= 15 is 0 Å². The van der Waals surface area contributed by atoms with Gasteiger partial charge in [-0.15, -0.1) is 0 Å². The van der Waals surface area contributed by atoms with E-state index in [0.717, 1.165) is 10.5 Å². The van der Waals surface area contributed by atoms with Crippen molar-refractivity contribution in [3.8, 4) is 11.5 Å². The van der Waals surface area contributed by atoms with E-state index in [0.29, 0.717) is 39.4 Å². The number of methoxy groups -OCH3 is 1. The van der Waals surface area contributed by atoms with E-state index in [-0.39, 0.29) is 5.70 Å². The number of para-hydroxylation sites is 2. The SMILES string of the molecule is COc1ccccc1NC(=O)CN1C(=O)N/C(=C/c2ccc(OCc3ccc(Cl)c(Cl)c3)cc2)C1=O. The maximum Gasteiger partial charge on any atom is 0.329 e. The van der Waals surface area contributed by atoms with Crippen LogP contribution in [0.2, 0.25) is 10.0 Å². The van der Waals surface area contributed by atoms with Gasteiger partial charge in [0.05, 0.1) is 22.8 Å². The van der Waals surface area contributed by atoms with Crippen LogP contribution in [-0.4, -0.2) is 36.4 Å². The van der Waals surface area contributed by atoms with E-state index in [2.05, 4.69) is 10.6 Å². The first-order chi connectivity index (χ1) is 17.3. The summed E-state index contributed by atoms with van der Waals surface area (Å²) < 4.78 is 10.9. The van der Waals surface area contributed by atoms with Gasteiger partial charge < -0.3 is 20.1 Å². The van der Waals surface area contributed by atoms with Gasteiger partial charge in [-0.1, -0.05) is 53.5 Å². The standard InChI is InChI=1S/C26H21Cl2N3O5/c1-35-23-5-3-2-4-21(23)29-24(32)14-31-25(33)22(30-26(31)34)13-16-6-9-18(10-7-16)36-15-17-8-11-19(27)20(28)12-17/h2-13H,14-15H2,1H3,(H,29,32)(H,30,34)/b22-13+. The van der Waals surface area contributed by atoms with Gasteiger partial charge in [0.1, 0.15) is 30.3 Å². The summed E-state index contributed by atoms with van der Waals surface area (Å²) in [5, 5.41) is 6.08. The van der Waals surface area contributed by atoms with Gasteiger partial charge in [-0.05, 0) is 53.6 Å². The highest BCUT2D eigenvalue weighted by Crippen LogP contribution is 2.25. The lowest BCUT2D eigenvalue weighted by Crippen LogP contribution is -2.38. The van der Waals surface area contributed by atoms with Gasteiger partial charge >= 0.3 is 6.03 Å². The molecule has 1 aliphatic heterocycles. The minimum absolute atomic E-state index is 0.0644. The van der Waals surface area contributed by atoms with E-state index in [4.69, 9.17) is 32.7 Å². The fourth-order valence-corrected chi connectivity index (χ4v) is 3.74. The van der Waals surface area contributed by atoms with E-state index in [9.17, 15) is 14.4 Å². The number of amides is 4. The van der Waals surface area contributed by atoms with Gasteiger partial charge in [0.2, 0.25) is 5.91 Å². The van der Waals surface area contributed by atoms with Gasteiger partial charge in [0.15, 0.2) is 0 Å². The van der Waals surface area contributed by atoms with Gasteiger partial charge in [0.25, 0.3) is 5.91 Å². The summed E-state index contributed by atoms with van der Waals surface area (Å²) in [6, 6.07) is 18.4. The van der Waals surface area contributed by atoms with Crippen molar-refractivity contribution in [2.75, 3.05) is 19.0 Å². The van der Waals surface area contributed by atoms with Crippen LogP contribution in [0.5, 0.6) is 11.5 Å². The summed E-state index contributed by atoms with van der Waals surface area (Å²) in [4.78, 5) is 38.3. The fraction of sp³-hybridized carbons (Fsp3) is 0.115. The Balaban J connectivity index is 1.36. The molecule has 8 nitrogen and oxygen atoms in total. The van der Waals surface area contributed by atoms with Crippen molar-refractivity contribution in [2.45, 2.75) is 6.61 Å². The second-order valence-corrected chi connectivity index (χ2v) is 8.55. The number of benzene rings is 3. The van der Waals surface area contributed by atoms with Gasteiger partial charge in [-0.3, -0.25) is 9.59 Å². The van der Waals surface area contributed by atoms with E-state index in [1.165, 1.54) is 13.2 Å². The quantitative estimate of drug-likeness (QED) is 0.314. The molecule has 0 aliphatic carbocycles. The molecule has 0 spiro atoms. The smallest absolute Gasteiger partial charge is 0.329 e. The number of anilines is 1. The minimum atomic E-state index is -0.678. The molecule has 10 heteroatoms. The van der Waals surface area contributed by atoms with Gasteiger partial charge in [0, 0.05) is 0 Å². The molecule has 0 bridgehead atoms. The topological polar surface area (TPSA) is 97.0 Å². The summed E-state index contributed by atoms with van der Waals surface area (Å²) in [6.45, 7) is -0.140.